The summed E-state index contributed by atoms with van der Waals surface area (Å²) >= 11 is -2.81. The topological polar surface area (TPSA) is 31.5 Å². The van der Waals surface area contributed by atoms with Gasteiger partial charge in [0.25, 0.3) is 0 Å². The summed E-state index contributed by atoms with van der Waals surface area (Å²) in [5.41, 5.74) is 0. The molecule has 2 N–H and O–H groups in total. The van der Waals surface area contributed by atoms with Crippen molar-refractivity contribution in [2.24, 2.45) is 0 Å². The van der Waals surface area contributed by atoms with Crippen LogP contribution in [0.5, 0.6) is 0 Å². The Labute approximate surface area is 91.4 Å². The molecule has 0 rings (SSSR count). The van der Waals surface area contributed by atoms with Crippen molar-refractivity contribution in [1.29, 1.82) is 0 Å². The first-order valence-corrected chi connectivity index (χ1v) is 8.49. The van der Waals surface area contributed by atoms with Crippen molar-refractivity contribution in [1.82, 2.24) is 0 Å². The van der Waals surface area contributed by atoms with E-state index in [0.29, 0.717) is 0 Å². The molecule has 48 valence electrons. The van der Waals surface area contributed by atoms with Gasteiger partial charge in [0.2, 0.25) is 0 Å². The summed E-state index contributed by atoms with van der Waals surface area (Å²) in [6, 6.07) is 0. The van der Waals surface area contributed by atoms with Gasteiger partial charge in [-0.3, -0.25) is 0 Å². The third-order valence-electron chi connectivity index (χ3n) is 0. The molecule has 0 amide bonds. The minimum atomic E-state index is -2.81. The fourth-order valence-corrected chi connectivity index (χ4v) is 0. The van der Waals surface area contributed by atoms with Crippen molar-refractivity contribution in [3.8, 4) is 0 Å². The van der Waals surface area contributed by atoms with Crippen LogP contribution >= 0.6 is 38.1 Å². The first kappa shape index (κ1) is 22.4. The molecule has 0 saturated carbocycles. The normalized spacial score (nSPS) is 9.50. The van der Waals surface area contributed by atoms with Crippen molar-refractivity contribution >= 4 is 75.8 Å². The summed E-state index contributed by atoms with van der Waals surface area (Å²) in [6.45, 7) is 0. The summed E-state index contributed by atoms with van der Waals surface area (Å²) in [6.07, 6.45) is 0. The number of rotatable bonds is 0. The SMILES string of the molecule is O.[Cl][Pd]([Cl])([Cl])[Cl].[Li].[Li]. The quantitative estimate of drug-likeness (QED) is 0.597. The minimum absolute atomic E-state index is 0. The van der Waals surface area contributed by atoms with Gasteiger partial charge in [0, 0.05) is 37.7 Å². The van der Waals surface area contributed by atoms with E-state index in [1.807, 2.05) is 0 Å². The molecule has 0 atom stereocenters. The van der Waals surface area contributed by atoms with Crippen LogP contribution in [-0.4, -0.2) is 43.2 Å². The second kappa shape index (κ2) is 9.98. The molecule has 8 heteroatoms. The van der Waals surface area contributed by atoms with Crippen molar-refractivity contribution in [2.45, 2.75) is 0 Å². The molecule has 8 heavy (non-hydrogen) atoms. The van der Waals surface area contributed by atoms with Gasteiger partial charge in [-0.15, -0.1) is 0 Å². The molecule has 0 heterocycles. The Bertz CT molecular complexity index is 29.5. The standard InChI is InChI=1S/4ClH.2Li.H2O.Pd/h4*1H;;;1H2;/q;;;;;;;+4/p-4. The summed E-state index contributed by atoms with van der Waals surface area (Å²) in [5, 5.41) is 0. The predicted molar refractivity (Wildman–Crippen MR) is 38.5 cm³/mol. The first-order chi connectivity index (χ1) is 2.00. The number of halogens is 4. The zero-order valence-corrected chi connectivity index (χ0v) is 8.91. The van der Waals surface area contributed by atoms with Crippen molar-refractivity contribution in [2.75, 3.05) is 0 Å². The zero-order chi connectivity index (χ0) is 4.50. The fourth-order valence-electron chi connectivity index (χ4n) is 0. The van der Waals surface area contributed by atoms with E-state index >= 15 is 0 Å². The average Bonchev–Trinajstić information content (AvgIpc) is 0.722. The van der Waals surface area contributed by atoms with E-state index in [1.165, 1.54) is 0 Å². The minimum Gasteiger partial charge on any atom is 0 e. The molecule has 0 aliphatic rings. The van der Waals surface area contributed by atoms with Crippen LogP contribution in [0.1, 0.15) is 0 Å². The Morgan fingerprint density at radius 3 is 0.750 bits per heavy atom. The van der Waals surface area contributed by atoms with Crippen molar-refractivity contribution in [3.63, 3.8) is 0 Å². The molecule has 0 aromatic heterocycles. The van der Waals surface area contributed by atoms with E-state index < -0.39 is 11.5 Å². The maximum Gasteiger partial charge on any atom is 0 e. The van der Waals surface area contributed by atoms with Crippen LogP contribution in [0.25, 0.3) is 0 Å². The Morgan fingerprint density at radius 1 is 0.750 bits per heavy atom. The third kappa shape index (κ3) is 64.5. The molecule has 0 saturated heterocycles. The Morgan fingerprint density at radius 2 is 0.750 bits per heavy atom. The van der Waals surface area contributed by atoms with Crippen LogP contribution in [0.4, 0.5) is 0 Å². The molecule has 0 fully saturated rings. The van der Waals surface area contributed by atoms with Crippen LogP contribution in [0.2, 0.25) is 0 Å². The van der Waals surface area contributed by atoms with Gasteiger partial charge in [-0.2, -0.15) is 0 Å². The predicted octanol–water partition coefficient (Wildman–Crippen LogP) is 1.17. The Hall–Kier alpha value is 2.98. The molecule has 2 radical (unpaired) electrons. The van der Waals surface area contributed by atoms with Gasteiger partial charge in [-0.05, 0) is 0 Å². The van der Waals surface area contributed by atoms with E-state index in [9.17, 15) is 0 Å². The van der Waals surface area contributed by atoms with Crippen molar-refractivity contribution < 1.29 is 16.9 Å². The molecule has 0 aromatic rings. The maximum atomic E-state index is 4.98. The van der Waals surface area contributed by atoms with Crippen LogP contribution in [0, 0.1) is 0 Å². The van der Waals surface area contributed by atoms with Gasteiger partial charge in [0.1, 0.15) is 0 Å². The first-order valence-electron chi connectivity index (χ1n) is 0.478. The molecule has 0 aliphatic heterocycles. The van der Waals surface area contributed by atoms with Gasteiger partial charge >= 0.3 is 49.6 Å². The van der Waals surface area contributed by atoms with E-state index in [4.69, 9.17) is 38.1 Å². The van der Waals surface area contributed by atoms with Gasteiger partial charge in [0.05, 0.1) is 0 Å². The van der Waals surface area contributed by atoms with Gasteiger partial charge in [-0.1, -0.05) is 0 Å². The van der Waals surface area contributed by atoms with Gasteiger partial charge in [0.15, 0.2) is 0 Å². The molecule has 0 bridgehead atoms. The Balaban J connectivity index is -0.0000000267. The molecule has 0 aromatic carbocycles. The molecule has 0 aliphatic carbocycles. The number of hydrogen-bond acceptors (Lipinski definition) is 0. The summed E-state index contributed by atoms with van der Waals surface area (Å²) in [7, 11) is 19.9. The van der Waals surface area contributed by atoms with Crippen LogP contribution in [-0.2, 0) is 11.5 Å². The third-order valence-corrected chi connectivity index (χ3v) is 0. The number of hydrogen-bond donors (Lipinski definition) is 0. The van der Waals surface area contributed by atoms with Crippen LogP contribution in [0.15, 0.2) is 0 Å². The van der Waals surface area contributed by atoms with Crippen LogP contribution < -0.4 is 0 Å². The van der Waals surface area contributed by atoms with Crippen LogP contribution in [0.3, 0.4) is 0 Å². The summed E-state index contributed by atoms with van der Waals surface area (Å²) in [5.74, 6) is 0. The second-order valence-electron chi connectivity index (χ2n) is 0.271. The maximum absolute atomic E-state index is 4.98. The summed E-state index contributed by atoms with van der Waals surface area (Å²) < 4.78 is 0. The largest absolute Gasteiger partial charge is 0 e. The molecular formula is H2Cl4Li2OPd. The van der Waals surface area contributed by atoms with Crippen molar-refractivity contribution in [3.05, 3.63) is 0 Å². The fraction of sp³-hybridized carbons (Fsp3) is 0. The van der Waals surface area contributed by atoms with Gasteiger partial charge in [-0.25, -0.2) is 0 Å². The van der Waals surface area contributed by atoms with E-state index in [-0.39, 0.29) is 43.2 Å². The zero-order valence-electron chi connectivity index (χ0n) is 4.33. The molecule has 0 spiro atoms. The van der Waals surface area contributed by atoms with E-state index in [1.54, 1.807) is 0 Å². The molecular weight excluding hydrogens is 278 g/mol. The van der Waals surface area contributed by atoms with E-state index in [0.717, 1.165) is 0 Å². The monoisotopic (exact) mass is 278 g/mol. The van der Waals surface area contributed by atoms with Gasteiger partial charge < -0.3 is 5.48 Å². The molecule has 0 unspecified atom stereocenters. The average molecular weight is 280 g/mol. The molecule has 1 nitrogen and oxygen atoms in total. The second-order valence-corrected chi connectivity index (χ2v) is 14.4. The van der Waals surface area contributed by atoms with E-state index in [2.05, 4.69) is 0 Å². The summed E-state index contributed by atoms with van der Waals surface area (Å²) in [4.78, 5) is 0. The smallest absolute Gasteiger partial charge is 0 e. The Kier molecular flexibility index (Phi) is 28.0.